The molecule has 0 bridgehead atoms. The van der Waals surface area contributed by atoms with E-state index in [1.54, 1.807) is 11.3 Å². The van der Waals surface area contributed by atoms with Crippen LogP contribution in [-0.4, -0.2) is 10.2 Å². The van der Waals surface area contributed by atoms with Crippen molar-refractivity contribution in [1.29, 1.82) is 0 Å². The summed E-state index contributed by atoms with van der Waals surface area (Å²) < 4.78 is 5.77. The topological polar surface area (TPSA) is 51.0 Å². The van der Waals surface area contributed by atoms with Crippen LogP contribution in [0.2, 0.25) is 0 Å². The van der Waals surface area contributed by atoms with Gasteiger partial charge in [-0.1, -0.05) is 17.2 Å². The fraction of sp³-hybridized carbons (Fsp3) is 0.294. The van der Waals surface area contributed by atoms with Crippen molar-refractivity contribution in [3.8, 4) is 10.8 Å². The molecule has 2 heterocycles. The fourth-order valence-electron chi connectivity index (χ4n) is 2.82. The van der Waals surface area contributed by atoms with Gasteiger partial charge < -0.3 is 9.73 Å². The van der Waals surface area contributed by atoms with E-state index >= 15 is 0 Å². The van der Waals surface area contributed by atoms with Crippen LogP contribution in [0.3, 0.4) is 0 Å². The lowest BCUT2D eigenvalue weighted by molar-refractivity contribution is 0.589. The summed E-state index contributed by atoms with van der Waals surface area (Å²) in [5, 5.41) is 11.4. The van der Waals surface area contributed by atoms with Crippen LogP contribution in [0.4, 0.5) is 11.7 Å². The van der Waals surface area contributed by atoms with Crippen LogP contribution in [0, 0.1) is 6.92 Å². The first kappa shape index (κ1) is 13.5. The molecule has 1 aromatic carbocycles. The molecule has 1 aliphatic carbocycles. The standard InChI is InChI=1S/C17H17N3OS/c1-11-5-4-7-13(9-11)18-17-20-19-16(21-17)15-10-12-6-2-3-8-14(12)22-15/h4-5,7,9-10H,2-3,6,8H2,1H3,(H,18,20). The Morgan fingerprint density at radius 2 is 2.05 bits per heavy atom. The molecule has 0 unspecified atom stereocenters. The minimum atomic E-state index is 0.437. The Morgan fingerprint density at radius 3 is 2.91 bits per heavy atom. The Balaban J connectivity index is 1.57. The zero-order chi connectivity index (χ0) is 14.9. The van der Waals surface area contributed by atoms with Gasteiger partial charge in [0.1, 0.15) is 0 Å². The van der Waals surface area contributed by atoms with Gasteiger partial charge in [0.2, 0.25) is 0 Å². The van der Waals surface area contributed by atoms with Gasteiger partial charge in [-0.05, 0) is 61.9 Å². The third kappa shape index (κ3) is 2.64. The number of rotatable bonds is 3. The largest absolute Gasteiger partial charge is 0.402 e. The Labute approximate surface area is 133 Å². The summed E-state index contributed by atoms with van der Waals surface area (Å²) in [5.41, 5.74) is 3.61. The summed E-state index contributed by atoms with van der Waals surface area (Å²) in [7, 11) is 0. The van der Waals surface area contributed by atoms with Crippen LogP contribution in [0.25, 0.3) is 10.8 Å². The van der Waals surface area contributed by atoms with E-state index < -0.39 is 0 Å². The average molecular weight is 311 g/mol. The van der Waals surface area contributed by atoms with E-state index in [-0.39, 0.29) is 0 Å². The zero-order valence-electron chi connectivity index (χ0n) is 12.4. The molecule has 5 heteroatoms. The van der Waals surface area contributed by atoms with Crippen LogP contribution in [-0.2, 0) is 12.8 Å². The average Bonchev–Trinajstić information content (AvgIpc) is 3.13. The third-order valence-corrected chi connectivity index (χ3v) is 5.13. The molecule has 0 saturated carbocycles. The van der Waals surface area contributed by atoms with E-state index in [2.05, 4.69) is 34.6 Å². The molecule has 3 aromatic rings. The number of nitrogens with one attached hydrogen (secondary N) is 1. The number of aromatic nitrogens is 2. The third-order valence-electron chi connectivity index (χ3n) is 3.90. The maximum absolute atomic E-state index is 5.77. The van der Waals surface area contributed by atoms with Gasteiger partial charge in [-0.2, -0.15) is 0 Å². The smallest absolute Gasteiger partial charge is 0.320 e. The Bertz CT molecular complexity index is 782. The number of hydrogen-bond donors (Lipinski definition) is 1. The van der Waals surface area contributed by atoms with Gasteiger partial charge in [-0.15, -0.1) is 16.4 Å². The summed E-state index contributed by atoms with van der Waals surface area (Å²) in [6, 6.07) is 10.7. The molecule has 0 spiro atoms. The van der Waals surface area contributed by atoms with Crippen molar-refractivity contribution in [2.24, 2.45) is 0 Å². The molecule has 1 N–H and O–H groups in total. The van der Waals surface area contributed by atoms with Crippen molar-refractivity contribution in [3.05, 3.63) is 46.3 Å². The number of anilines is 2. The maximum Gasteiger partial charge on any atom is 0.320 e. The minimum absolute atomic E-state index is 0.437. The van der Waals surface area contributed by atoms with Crippen LogP contribution in [0.1, 0.15) is 28.8 Å². The van der Waals surface area contributed by atoms with Crippen molar-refractivity contribution in [3.63, 3.8) is 0 Å². The van der Waals surface area contributed by atoms with E-state index in [9.17, 15) is 0 Å². The van der Waals surface area contributed by atoms with Gasteiger partial charge in [0.15, 0.2) is 0 Å². The molecule has 0 fully saturated rings. The lowest BCUT2D eigenvalue weighted by atomic mass is 9.99. The van der Waals surface area contributed by atoms with Crippen molar-refractivity contribution in [1.82, 2.24) is 10.2 Å². The molecule has 0 atom stereocenters. The quantitative estimate of drug-likeness (QED) is 0.760. The van der Waals surface area contributed by atoms with Gasteiger partial charge >= 0.3 is 6.01 Å². The molecule has 4 nitrogen and oxygen atoms in total. The number of fused-ring (bicyclic) bond motifs is 1. The lowest BCUT2D eigenvalue weighted by Crippen LogP contribution is -1.96. The van der Waals surface area contributed by atoms with Gasteiger partial charge in [0, 0.05) is 10.6 Å². The first-order valence-electron chi connectivity index (χ1n) is 7.57. The molecule has 0 aliphatic heterocycles. The highest BCUT2D eigenvalue weighted by molar-refractivity contribution is 7.15. The molecule has 22 heavy (non-hydrogen) atoms. The van der Waals surface area contributed by atoms with Gasteiger partial charge in [-0.25, -0.2) is 0 Å². The van der Waals surface area contributed by atoms with Crippen LogP contribution < -0.4 is 5.32 Å². The summed E-state index contributed by atoms with van der Waals surface area (Å²) in [4.78, 5) is 2.56. The van der Waals surface area contributed by atoms with E-state index in [1.165, 1.54) is 41.7 Å². The SMILES string of the molecule is Cc1cccc(Nc2nnc(-c3cc4c(s3)CCCC4)o2)c1. The summed E-state index contributed by atoms with van der Waals surface area (Å²) in [5.74, 6) is 0.606. The van der Waals surface area contributed by atoms with E-state index in [0.717, 1.165) is 10.6 Å². The van der Waals surface area contributed by atoms with Crippen molar-refractivity contribution in [2.45, 2.75) is 32.6 Å². The van der Waals surface area contributed by atoms with E-state index in [4.69, 9.17) is 4.42 Å². The lowest BCUT2D eigenvalue weighted by Gasteiger charge is -2.08. The molecular weight excluding hydrogens is 294 g/mol. The Morgan fingerprint density at radius 1 is 1.14 bits per heavy atom. The second kappa shape index (κ2) is 5.57. The highest BCUT2D eigenvalue weighted by Gasteiger charge is 2.17. The number of nitrogens with zero attached hydrogens (tertiary/aromatic N) is 2. The molecule has 0 amide bonds. The summed E-state index contributed by atoms with van der Waals surface area (Å²) in [6.45, 7) is 2.06. The number of benzene rings is 1. The molecule has 0 radical (unpaired) electrons. The van der Waals surface area contributed by atoms with Crippen molar-refractivity contribution in [2.75, 3.05) is 5.32 Å². The van der Waals surface area contributed by atoms with Gasteiger partial charge in [0.25, 0.3) is 5.89 Å². The maximum atomic E-state index is 5.77. The number of thiophene rings is 1. The summed E-state index contributed by atoms with van der Waals surface area (Å²) >= 11 is 1.79. The van der Waals surface area contributed by atoms with Crippen LogP contribution >= 0.6 is 11.3 Å². The highest BCUT2D eigenvalue weighted by Crippen LogP contribution is 2.35. The number of aryl methyl sites for hydroxylation is 3. The Hall–Kier alpha value is -2.14. The van der Waals surface area contributed by atoms with E-state index in [0.29, 0.717) is 11.9 Å². The van der Waals surface area contributed by atoms with Gasteiger partial charge in [-0.3, -0.25) is 0 Å². The predicted octanol–water partition coefficient (Wildman–Crippen LogP) is 4.73. The Kier molecular flexibility index (Phi) is 3.42. The van der Waals surface area contributed by atoms with Crippen LogP contribution in [0.5, 0.6) is 0 Å². The minimum Gasteiger partial charge on any atom is -0.402 e. The molecule has 112 valence electrons. The molecular formula is C17H17N3OS. The number of hydrogen-bond acceptors (Lipinski definition) is 5. The first-order valence-corrected chi connectivity index (χ1v) is 8.39. The fourth-order valence-corrected chi connectivity index (χ4v) is 3.99. The first-order chi connectivity index (χ1) is 10.8. The van der Waals surface area contributed by atoms with E-state index in [1.807, 2.05) is 18.2 Å². The second-order valence-electron chi connectivity index (χ2n) is 5.67. The predicted molar refractivity (Wildman–Crippen MR) is 88.7 cm³/mol. The monoisotopic (exact) mass is 311 g/mol. The van der Waals surface area contributed by atoms with Crippen molar-refractivity contribution < 1.29 is 4.42 Å². The highest BCUT2D eigenvalue weighted by atomic mass is 32.1. The van der Waals surface area contributed by atoms with Crippen molar-refractivity contribution >= 4 is 23.0 Å². The molecule has 0 saturated heterocycles. The normalized spacial score (nSPS) is 13.9. The molecule has 2 aromatic heterocycles. The molecule has 1 aliphatic rings. The van der Waals surface area contributed by atoms with Gasteiger partial charge in [0.05, 0.1) is 4.88 Å². The zero-order valence-corrected chi connectivity index (χ0v) is 13.2. The van der Waals surface area contributed by atoms with Crippen LogP contribution in [0.15, 0.2) is 34.7 Å². The summed E-state index contributed by atoms with van der Waals surface area (Å²) in [6.07, 6.45) is 4.93. The molecule has 4 rings (SSSR count). The second-order valence-corrected chi connectivity index (χ2v) is 6.81.